The van der Waals surface area contributed by atoms with Crippen LogP contribution in [0.4, 0.5) is 0 Å². The number of hydrogen-bond acceptors (Lipinski definition) is 4. The average molecular weight is 328 g/mol. The summed E-state index contributed by atoms with van der Waals surface area (Å²) in [4.78, 5) is 16.4. The van der Waals surface area contributed by atoms with Gasteiger partial charge in [0.15, 0.2) is 0 Å². The molecule has 1 atom stereocenters. The zero-order valence-electron chi connectivity index (χ0n) is 12.9. The first-order valence-electron chi connectivity index (χ1n) is 7.84. The number of nitrogens with one attached hydrogen (secondary N) is 1. The third kappa shape index (κ3) is 4.73. The van der Waals surface area contributed by atoms with E-state index >= 15 is 0 Å². The van der Waals surface area contributed by atoms with Crippen LogP contribution in [0.2, 0.25) is 0 Å². The highest BCUT2D eigenvalue weighted by atomic mass is 32.2. The van der Waals surface area contributed by atoms with Crippen LogP contribution in [0.25, 0.3) is 0 Å². The zero-order valence-corrected chi connectivity index (χ0v) is 13.7. The van der Waals surface area contributed by atoms with Gasteiger partial charge >= 0.3 is 0 Å². The first-order valence-corrected chi connectivity index (χ1v) is 8.99. The molecule has 0 saturated carbocycles. The number of carbonyl (C=O) groups is 1. The largest absolute Gasteiger partial charge is 0.473 e. The van der Waals surface area contributed by atoms with Gasteiger partial charge in [0.25, 0.3) is 5.91 Å². The molecule has 0 bridgehead atoms. The van der Waals surface area contributed by atoms with Gasteiger partial charge in [-0.25, -0.2) is 4.98 Å². The number of aromatic nitrogens is 1. The Kier molecular flexibility index (Phi) is 5.53. The fourth-order valence-electron chi connectivity index (χ4n) is 2.46. The Bertz CT molecular complexity index is 642. The molecular formula is C18H20N2O2S. The van der Waals surface area contributed by atoms with Crippen LogP contribution in [-0.2, 0) is 6.42 Å². The van der Waals surface area contributed by atoms with Crippen LogP contribution < -0.4 is 10.1 Å². The smallest absolute Gasteiger partial charge is 0.251 e. The molecule has 0 radical (unpaired) electrons. The van der Waals surface area contributed by atoms with Crippen LogP contribution in [0.15, 0.2) is 48.7 Å². The van der Waals surface area contributed by atoms with Crippen LogP contribution in [0.5, 0.6) is 5.88 Å². The van der Waals surface area contributed by atoms with Crippen molar-refractivity contribution >= 4 is 17.7 Å². The van der Waals surface area contributed by atoms with Crippen molar-refractivity contribution in [3.05, 3.63) is 59.8 Å². The van der Waals surface area contributed by atoms with E-state index in [2.05, 4.69) is 22.4 Å². The van der Waals surface area contributed by atoms with Gasteiger partial charge in [0.1, 0.15) is 6.10 Å². The number of amides is 1. The molecule has 1 aliphatic heterocycles. The number of ether oxygens (including phenoxy) is 1. The zero-order chi connectivity index (χ0) is 15.9. The monoisotopic (exact) mass is 328 g/mol. The van der Waals surface area contributed by atoms with E-state index in [1.807, 2.05) is 30.0 Å². The summed E-state index contributed by atoms with van der Waals surface area (Å²) in [5.74, 6) is 2.57. The summed E-state index contributed by atoms with van der Waals surface area (Å²) in [5, 5.41) is 2.94. The summed E-state index contributed by atoms with van der Waals surface area (Å²) in [7, 11) is 0. The van der Waals surface area contributed by atoms with Crippen molar-refractivity contribution in [1.29, 1.82) is 0 Å². The van der Waals surface area contributed by atoms with Gasteiger partial charge in [-0.3, -0.25) is 4.79 Å². The van der Waals surface area contributed by atoms with E-state index in [0.29, 0.717) is 18.0 Å². The van der Waals surface area contributed by atoms with Crippen molar-refractivity contribution in [1.82, 2.24) is 10.3 Å². The lowest BCUT2D eigenvalue weighted by atomic mass is 10.1. The number of hydrogen-bond donors (Lipinski definition) is 1. The summed E-state index contributed by atoms with van der Waals surface area (Å²) < 4.78 is 5.83. The lowest BCUT2D eigenvalue weighted by Gasteiger charge is -2.12. The van der Waals surface area contributed by atoms with Gasteiger partial charge in [-0.15, -0.1) is 0 Å². The van der Waals surface area contributed by atoms with Crippen molar-refractivity contribution in [2.75, 3.05) is 18.1 Å². The quantitative estimate of drug-likeness (QED) is 0.886. The second-order valence-corrected chi connectivity index (χ2v) is 6.63. The minimum absolute atomic E-state index is 0.0889. The molecule has 120 valence electrons. The van der Waals surface area contributed by atoms with E-state index in [1.54, 1.807) is 18.3 Å². The Hall–Kier alpha value is -2.01. The highest BCUT2D eigenvalue weighted by molar-refractivity contribution is 7.99. The summed E-state index contributed by atoms with van der Waals surface area (Å²) in [6.45, 7) is 0.612. The lowest BCUT2D eigenvalue weighted by molar-refractivity contribution is 0.0953. The number of rotatable bonds is 6. The second kappa shape index (κ2) is 8.02. The van der Waals surface area contributed by atoms with E-state index in [0.717, 1.165) is 24.3 Å². The predicted molar refractivity (Wildman–Crippen MR) is 93.1 cm³/mol. The molecule has 1 aromatic heterocycles. The van der Waals surface area contributed by atoms with Gasteiger partial charge in [0.2, 0.25) is 5.88 Å². The Labute approximate surface area is 140 Å². The topological polar surface area (TPSA) is 51.2 Å². The molecule has 2 aromatic rings. The molecular weight excluding hydrogens is 308 g/mol. The Balaban J connectivity index is 1.52. The summed E-state index contributed by atoms with van der Waals surface area (Å²) in [6, 6.07) is 13.6. The van der Waals surface area contributed by atoms with Gasteiger partial charge in [-0.05, 0) is 30.2 Å². The molecule has 1 amide bonds. The molecule has 1 fully saturated rings. The standard InChI is InChI=1S/C18H20N2O2S/c21-18(20-9-6-14-4-2-1-3-5-14)15-7-10-19-17(12-15)22-16-8-11-23-13-16/h1-5,7,10,12,16H,6,8-9,11,13H2,(H,20,21). The van der Waals surface area contributed by atoms with Crippen LogP contribution in [0.1, 0.15) is 22.3 Å². The van der Waals surface area contributed by atoms with E-state index in [-0.39, 0.29) is 12.0 Å². The molecule has 1 aromatic carbocycles. The molecule has 1 aliphatic rings. The Morgan fingerprint density at radius 3 is 2.96 bits per heavy atom. The minimum atomic E-state index is -0.0889. The van der Waals surface area contributed by atoms with Gasteiger partial charge in [0.05, 0.1) is 0 Å². The maximum Gasteiger partial charge on any atom is 0.251 e. The van der Waals surface area contributed by atoms with Crippen molar-refractivity contribution in [3.63, 3.8) is 0 Å². The number of carbonyl (C=O) groups excluding carboxylic acids is 1. The molecule has 0 aliphatic carbocycles. The van der Waals surface area contributed by atoms with Crippen molar-refractivity contribution in [3.8, 4) is 5.88 Å². The number of pyridine rings is 1. The highest BCUT2D eigenvalue weighted by Gasteiger charge is 2.18. The van der Waals surface area contributed by atoms with E-state index in [9.17, 15) is 4.79 Å². The minimum Gasteiger partial charge on any atom is -0.473 e. The number of thioether (sulfide) groups is 1. The fourth-order valence-corrected chi connectivity index (χ4v) is 3.55. The molecule has 5 heteroatoms. The summed E-state index contributed by atoms with van der Waals surface area (Å²) in [5.41, 5.74) is 1.80. The van der Waals surface area contributed by atoms with Crippen molar-refractivity contribution in [2.24, 2.45) is 0 Å². The van der Waals surface area contributed by atoms with Crippen LogP contribution in [0.3, 0.4) is 0 Å². The normalized spacial score (nSPS) is 17.0. The van der Waals surface area contributed by atoms with E-state index in [1.165, 1.54) is 5.56 Å². The first kappa shape index (κ1) is 15.9. The third-order valence-electron chi connectivity index (χ3n) is 3.71. The molecule has 1 saturated heterocycles. The SMILES string of the molecule is O=C(NCCc1ccccc1)c1ccnc(OC2CCSC2)c1. The number of nitrogens with zero attached hydrogens (tertiary/aromatic N) is 1. The Morgan fingerprint density at radius 1 is 1.30 bits per heavy atom. The van der Waals surface area contributed by atoms with Crippen LogP contribution >= 0.6 is 11.8 Å². The fraction of sp³-hybridized carbons (Fsp3) is 0.333. The van der Waals surface area contributed by atoms with E-state index in [4.69, 9.17) is 4.74 Å². The maximum absolute atomic E-state index is 12.2. The molecule has 23 heavy (non-hydrogen) atoms. The summed E-state index contributed by atoms with van der Waals surface area (Å²) in [6.07, 6.45) is 3.70. The predicted octanol–water partition coefficient (Wildman–Crippen LogP) is 2.94. The van der Waals surface area contributed by atoms with Gasteiger partial charge < -0.3 is 10.1 Å². The number of benzene rings is 1. The van der Waals surface area contributed by atoms with Gasteiger partial charge in [0, 0.05) is 30.1 Å². The average Bonchev–Trinajstić information content (AvgIpc) is 3.09. The van der Waals surface area contributed by atoms with Crippen molar-refractivity contribution in [2.45, 2.75) is 18.9 Å². The van der Waals surface area contributed by atoms with Crippen molar-refractivity contribution < 1.29 is 9.53 Å². The maximum atomic E-state index is 12.2. The molecule has 1 N–H and O–H groups in total. The second-order valence-electron chi connectivity index (χ2n) is 5.48. The molecule has 2 heterocycles. The van der Waals surface area contributed by atoms with Crippen LogP contribution in [0, 0.1) is 0 Å². The highest BCUT2D eigenvalue weighted by Crippen LogP contribution is 2.22. The molecule has 3 rings (SSSR count). The van der Waals surface area contributed by atoms with Crippen LogP contribution in [-0.4, -0.2) is 35.0 Å². The lowest BCUT2D eigenvalue weighted by Crippen LogP contribution is -2.26. The summed E-state index contributed by atoms with van der Waals surface area (Å²) >= 11 is 1.89. The Morgan fingerprint density at radius 2 is 2.17 bits per heavy atom. The molecule has 4 nitrogen and oxygen atoms in total. The first-order chi connectivity index (χ1) is 11.3. The molecule has 0 spiro atoms. The van der Waals surface area contributed by atoms with Gasteiger partial charge in [-0.2, -0.15) is 11.8 Å². The van der Waals surface area contributed by atoms with Gasteiger partial charge in [-0.1, -0.05) is 30.3 Å². The van der Waals surface area contributed by atoms with E-state index < -0.39 is 0 Å². The third-order valence-corrected chi connectivity index (χ3v) is 4.85. The molecule has 1 unspecified atom stereocenters.